The van der Waals surface area contributed by atoms with Crippen LogP contribution in [0.4, 0.5) is 0 Å². The Hall–Kier alpha value is -0.370. The van der Waals surface area contributed by atoms with Gasteiger partial charge in [0.2, 0.25) is 0 Å². The molecule has 0 aliphatic heterocycles. The lowest BCUT2D eigenvalue weighted by molar-refractivity contribution is 0.412. The minimum Gasteiger partial charge on any atom is -0.370 e. The summed E-state index contributed by atoms with van der Waals surface area (Å²) in [5.74, 6) is 0.560. The Balaban J connectivity index is 0.00000220. The molecular formula is C15H27IN4S. The molecule has 2 rings (SSSR count). The molecule has 0 spiro atoms. The van der Waals surface area contributed by atoms with Crippen molar-refractivity contribution in [2.75, 3.05) is 0 Å². The molecule has 0 unspecified atom stereocenters. The fourth-order valence-electron chi connectivity index (χ4n) is 2.38. The van der Waals surface area contributed by atoms with Crippen molar-refractivity contribution >= 4 is 41.3 Å². The van der Waals surface area contributed by atoms with Crippen molar-refractivity contribution in [3.05, 3.63) is 16.1 Å². The number of thiazole rings is 1. The average molecular weight is 422 g/mol. The minimum absolute atomic E-state index is 0. The van der Waals surface area contributed by atoms with Crippen LogP contribution in [0.2, 0.25) is 0 Å². The zero-order valence-corrected chi connectivity index (χ0v) is 16.3. The van der Waals surface area contributed by atoms with Crippen LogP contribution in [-0.2, 0) is 12.0 Å². The Bertz CT molecular complexity index is 458. The summed E-state index contributed by atoms with van der Waals surface area (Å²) in [6.07, 6.45) is 6.37. The molecule has 1 aliphatic rings. The Morgan fingerprint density at radius 3 is 2.62 bits per heavy atom. The second-order valence-corrected chi connectivity index (χ2v) is 7.50. The SMILES string of the molecule is CC(C)(C)c1csc(CN=C(N)NC2CCCCC2)n1.I. The Kier molecular flexibility index (Phi) is 7.39. The molecule has 21 heavy (non-hydrogen) atoms. The van der Waals surface area contributed by atoms with E-state index in [9.17, 15) is 0 Å². The third-order valence-electron chi connectivity index (χ3n) is 3.66. The fourth-order valence-corrected chi connectivity index (χ4v) is 3.33. The zero-order chi connectivity index (χ0) is 14.6. The lowest BCUT2D eigenvalue weighted by Gasteiger charge is -2.23. The van der Waals surface area contributed by atoms with Crippen LogP contribution in [0.25, 0.3) is 0 Å². The number of halogens is 1. The first-order chi connectivity index (χ1) is 9.45. The van der Waals surface area contributed by atoms with Gasteiger partial charge < -0.3 is 11.1 Å². The van der Waals surface area contributed by atoms with Crippen LogP contribution in [0.1, 0.15) is 63.6 Å². The highest BCUT2D eigenvalue weighted by molar-refractivity contribution is 14.0. The monoisotopic (exact) mass is 422 g/mol. The molecule has 0 radical (unpaired) electrons. The van der Waals surface area contributed by atoms with E-state index in [0.29, 0.717) is 18.5 Å². The molecule has 0 saturated heterocycles. The summed E-state index contributed by atoms with van der Waals surface area (Å²) < 4.78 is 0. The molecule has 0 atom stereocenters. The Labute approximate surface area is 149 Å². The van der Waals surface area contributed by atoms with E-state index in [-0.39, 0.29) is 29.4 Å². The third-order valence-corrected chi connectivity index (χ3v) is 4.50. The number of hydrogen-bond donors (Lipinski definition) is 2. The van der Waals surface area contributed by atoms with Crippen molar-refractivity contribution in [1.29, 1.82) is 0 Å². The van der Waals surface area contributed by atoms with Gasteiger partial charge in [-0.25, -0.2) is 9.98 Å². The third kappa shape index (κ3) is 6.10. The minimum atomic E-state index is 0. The van der Waals surface area contributed by atoms with Gasteiger partial charge in [-0.1, -0.05) is 40.0 Å². The molecule has 1 heterocycles. The summed E-state index contributed by atoms with van der Waals surface area (Å²) in [6, 6.07) is 0.508. The van der Waals surface area contributed by atoms with E-state index >= 15 is 0 Å². The molecular weight excluding hydrogens is 395 g/mol. The molecule has 1 fully saturated rings. The van der Waals surface area contributed by atoms with Crippen LogP contribution in [0.15, 0.2) is 10.4 Å². The van der Waals surface area contributed by atoms with Crippen LogP contribution in [0, 0.1) is 0 Å². The van der Waals surface area contributed by atoms with Gasteiger partial charge in [-0.3, -0.25) is 0 Å². The molecule has 6 heteroatoms. The summed E-state index contributed by atoms with van der Waals surface area (Å²) in [5.41, 5.74) is 7.19. The zero-order valence-electron chi connectivity index (χ0n) is 13.2. The van der Waals surface area contributed by atoms with Gasteiger partial charge in [-0.15, -0.1) is 35.3 Å². The van der Waals surface area contributed by atoms with Gasteiger partial charge >= 0.3 is 0 Å². The van der Waals surface area contributed by atoms with Crippen molar-refractivity contribution < 1.29 is 0 Å². The first-order valence-electron chi connectivity index (χ1n) is 7.46. The standard InChI is InChI=1S/C15H26N4S.HI/c1-15(2,3)12-10-20-13(19-12)9-17-14(16)18-11-7-5-4-6-8-11;/h10-11H,4-9H2,1-3H3,(H3,16,17,18);1H. The highest BCUT2D eigenvalue weighted by Crippen LogP contribution is 2.24. The van der Waals surface area contributed by atoms with Gasteiger partial charge in [-0.05, 0) is 12.8 Å². The predicted octanol–water partition coefficient (Wildman–Crippen LogP) is 3.80. The maximum atomic E-state index is 5.96. The van der Waals surface area contributed by atoms with E-state index in [1.165, 1.54) is 32.1 Å². The van der Waals surface area contributed by atoms with E-state index < -0.39 is 0 Å². The summed E-state index contributed by atoms with van der Waals surface area (Å²) in [4.78, 5) is 9.04. The number of nitrogens with one attached hydrogen (secondary N) is 1. The van der Waals surface area contributed by atoms with E-state index in [2.05, 4.69) is 41.4 Å². The highest BCUT2D eigenvalue weighted by Gasteiger charge is 2.17. The van der Waals surface area contributed by atoms with Crippen molar-refractivity contribution in [2.45, 2.75) is 70.9 Å². The molecule has 1 aromatic rings. The quantitative estimate of drug-likeness (QED) is 0.443. The van der Waals surface area contributed by atoms with Crippen LogP contribution in [0.3, 0.4) is 0 Å². The Morgan fingerprint density at radius 2 is 2.05 bits per heavy atom. The number of guanidine groups is 1. The van der Waals surface area contributed by atoms with E-state index in [1.54, 1.807) is 11.3 Å². The maximum Gasteiger partial charge on any atom is 0.189 e. The number of aliphatic imine (C=N–C) groups is 1. The van der Waals surface area contributed by atoms with E-state index in [0.717, 1.165) is 10.7 Å². The molecule has 0 amide bonds. The largest absolute Gasteiger partial charge is 0.370 e. The van der Waals surface area contributed by atoms with E-state index in [1.807, 2.05) is 0 Å². The van der Waals surface area contributed by atoms with Crippen LogP contribution >= 0.6 is 35.3 Å². The average Bonchev–Trinajstić information content (AvgIpc) is 2.86. The number of aromatic nitrogens is 1. The summed E-state index contributed by atoms with van der Waals surface area (Å²) >= 11 is 1.66. The molecule has 1 aliphatic carbocycles. The number of hydrogen-bond acceptors (Lipinski definition) is 3. The first kappa shape index (κ1) is 18.7. The number of rotatable bonds is 3. The first-order valence-corrected chi connectivity index (χ1v) is 8.34. The fraction of sp³-hybridized carbons (Fsp3) is 0.733. The summed E-state index contributed by atoms with van der Waals surface area (Å²) in [6.45, 7) is 7.10. The van der Waals surface area contributed by atoms with Crippen LogP contribution in [-0.4, -0.2) is 17.0 Å². The van der Waals surface area contributed by atoms with Crippen LogP contribution in [0.5, 0.6) is 0 Å². The molecule has 0 bridgehead atoms. The summed E-state index contributed by atoms with van der Waals surface area (Å²) in [5, 5.41) is 6.48. The van der Waals surface area contributed by atoms with Gasteiger partial charge in [0.25, 0.3) is 0 Å². The van der Waals surface area contributed by atoms with Crippen molar-refractivity contribution in [3.63, 3.8) is 0 Å². The molecule has 1 saturated carbocycles. The van der Waals surface area contributed by atoms with Gasteiger partial charge in [-0.2, -0.15) is 0 Å². The van der Waals surface area contributed by atoms with Crippen molar-refractivity contribution in [2.24, 2.45) is 10.7 Å². The lowest BCUT2D eigenvalue weighted by Crippen LogP contribution is -2.41. The van der Waals surface area contributed by atoms with Crippen molar-refractivity contribution in [3.8, 4) is 0 Å². The van der Waals surface area contributed by atoms with Gasteiger partial charge in [0, 0.05) is 16.8 Å². The van der Waals surface area contributed by atoms with E-state index in [4.69, 9.17) is 5.73 Å². The molecule has 120 valence electrons. The molecule has 0 aromatic carbocycles. The normalized spacial score (nSPS) is 17.4. The predicted molar refractivity (Wildman–Crippen MR) is 102 cm³/mol. The second kappa shape index (κ2) is 8.31. The van der Waals surface area contributed by atoms with Gasteiger partial charge in [0.1, 0.15) is 5.01 Å². The van der Waals surface area contributed by atoms with Crippen molar-refractivity contribution in [1.82, 2.24) is 10.3 Å². The number of nitrogens with two attached hydrogens (primary N) is 1. The van der Waals surface area contributed by atoms with Gasteiger partial charge in [0.05, 0.1) is 12.2 Å². The second-order valence-electron chi connectivity index (χ2n) is 6.56. The van der Waals surface area contributed by atoms with Crippen LogP contribution < -0.4 is 11.1 Å². The van der Waals surface area contributed by atoms with Gasteiger partial charge in [0.15, 0.2) is 5.96 Å². The Morgan fingerprint density at radius 1 is 1.38 bits per heavy atom. The molecule has 3 N–H and O–H groups in total. The smallest absolute Gasteiger partial charge is 0.189 e. The highest BCUT2D eigenvalue weighted by atomic mass is 127. The lowest BCUT2D eigenvalue weighted by atomic mass is 9.93. The number of nitrogens with zero attached hydrogens (tertiary/aromatic N) is 2. The molecule has 1 aromatic heterocycles. The topological polar surface area (TPSA) is 63.3 Å². The molecule has 4 nitrogen and oxygen atoms in total. The maximum absolute atomic E-state index is 5.96. The summed E-state index contributed by atoms with van der Waals surface area (Å²) in [7, 11) is 0.